The highest BCUT2D eigenvalue weighted by Crippen LogP contribution is 2.21. The minimum absolute atomic E-state index is 0.289. The Balaban J connectivity index is 2.84. The van der Waals surface area contributed by atoms with Crippen molar-refractivity contribution < 1.29 is 5.11 Å². The molecule has 12 heavy (non-hydrogen) atoms. The fourth-order valence-electron chi connectivity index (χ4n) is 1.12. The van der Waals surface area contributed by atoms with Gasteiger partial charge in [-0.3, -0.25) is 0 Å². The Morgan fingerprint density at radius 2 is 2.17 bits per heavy atom. The molecule has 1 aromatic heterocycles. The first kappa shape index (κ1) is 7.03. The van der Waals surface area contributed by atoms with Crippen LogP contribution >= 0.6 is 0 Å². The molecule has 1 N–H and O–H groups in total. The lowest BCUT2D eigenvalue weighted by Crippen LogP contribution is -1.82. The molecule has 0 unspecified atom stereocenters. The van der Waals surface area contributed by atoms with Crippen molar-refractivity contribution in [3.63, 3.8) is 0 Å². The number of phenolic OH excluding ortho intramolecular Hbond substituents is 1. The van der Waals surface area contributed by atoms with Gasteiger partial charge in [0, 0.05) is 11.6 Å². The Labute approximate surface area is 69.7 Å². The number of fused-ring (bicyclic) bond motifs is 1. The topological polar surface area (TPSA) is 46.0 Å². The highest BCUT2D eigenvalue weighted by Gasteiger charge is 1.99. The lowest BCUT2D eigenvalue weighted by molar-refractivity contribution is 0.472. The van der Waals surface area contributed by atoms with Crippen LogP contribution in [0.3, 0.4) is 0 Å². The Kier molecular flexibility index (Phi) is 1.43. The van der Waals surface area contributed by atoms with Crippen LogP contribution in [0.5, 0.6) is 5.75 Å². The summed E-state index contributed by atoms with van der Waals surface area (Å²) in [5.74, 6) is 0.289. The summed E-state index contributed by atoms with van der Waals surface area (Å²) in [4.78, 5) is 7.92. The Morgan fingerprint density at radius 1 is 1.33 bits per heavy atom. The van der Waals surface area contributed by atoms with E-state index in [1.54, 1.807) is 12.3 Å². The maximum Gasteiger partial charge on any atom is 0.119 e. The molecule has 0 aliphatic heterocycles. The van der Waals surface area contributed by atoms with E-state index in [2.05, 4.69) is 9.97 Å². The van der Waals surface area contributed by atoms with Gasteiger partial charge in [-0.1, -0.05) is 0 Å². The molecule has 0 aliphatic rings. The number of hydrogen-bond acceptors (Lipinski definition) is 3. The third-order valence-electron chi connectivity index (χ3n) is 1.82. The molecule has 0 fully saturated rings. The van der Waals surface area contributed by atoms with E-state index in [0.29, 0.717) is 0 Å². The zero-order chi connectivity index (χ0) is 8.55. The number of phenols is 1. The molecule has 0 saturated heterocycles. The van der Waals surface area contributed by atoms with Gasteiger partial charge < -0.3 is 5.11 Å². The lowest BCUT2D eigenvalue weighted by atomic mass is 10.1. The lowest BCUT2D eigenvalue weighted by Gasteiger charge is -1.99. The monoisotopic (exact) mass is 160 g/mol. The summed E-state index contributed by atoms with van der Waals surface area (Å²) >= 11 is 0. The molecule has 0 bridgehead atoms. The van der Waals surface area contributed by atoms with Crippen molar-refractivity contribution in [3.8, 4) is 5.75 Å². The number of nitrogens with zero attached hydrogens (tertiary/aromatic N) is 2. The van der Waals surface area contributed by atoms with Gasteiger partial charge in [0.25, 0.3) is 0 Å². The van der Waals surface area contributed by atoms with Crippen LogP contribution in [-0.4, -0.2) is 15.1 Å². The molecule has 60 valence electrons. The molecule has 0 amide bonds. The van der Waals surface area contributed by atoms with Gasteiger partial charge in [0.15, 0.2) is 0 Å². The zero-order valence-corrected chi connectivity index (χ0v) is 6.65. The molecule has 1 heterocycles. The van der Waals surface area contributed by atoms with Crippen molar-refractivity contribution in [3.05, 3.63) is 30.2 Å². The molecule has 3 heteroatoms. The molecular weight excluding hydrogens is 152 g/mol. The number of aromatic nitrogens is 2. The average molecular weight is 160 g/mol. The number of aromatic hydroxyl groups is 1. The largest absolute Gasteiger partial charge is 0.508 e. The molecule has 0 radical (unpaired) electrons. The minimum Gasteiger partial charge on any atom is -0.508 e. The molecule has 0 atom stereocenters. The van der Waals surface area contributed by atoms with E-state index in [1.807, 2.05) is 13.0 Å². The second kappa shape index (κ2) is 2.44. The van der Waals surface area contributed by atoms with Gasteiger partial charge in [0.2, 0.25) is 0 Å². The second-order valence-electron chi connectivity index (χ2n) is 2.72. The first-order valence-electron chi connectivity index (χ1n) is 3.67. The van der Waals surface area contributed by atoms with E-state index < -0.39 is 0 Å². The summed E-state index contributed by atoms with van der Waals surface area (Å²) in [6, 6.07) is 3.51. The predicted molar refractivity (Wildman–Crippen MR) is 45.9 cm³/mol. The van der Waals surface area contributed by atoms with Crippen molar-refractivity contribution in [2.75, 3.05) is 0 Å². The van der Waals surface area contributed by atoms with E-state index in [-0.39, 0.29) is 5.75 Å². The van der Waals surface area contributed by atoms with Crippen molar-refractivity contribution in [1.82, 2.24) is 9.97 Å². The molecule has 2 aromatic rings. The molecule has 0 spiro atoms. The zero-order valence-electron chi connectivity index (χ0n) is 6.65. The molecule has 2 rings (SSSR count). The highest BCUT2D eigenvalue weighted by molar-refractivity contribution is 5.80. The van der Waals surface area contributed by atoms with Crippen LogP contribution in [0.25, 0.3) is 10.9 Å². The summed E-state index contributed by atoms with van der Waals surface area (Å²) in [5.41, 5.74) is 1.70. The fourth-order valence-corrected chi connectivity index (χ4v) is 1.12. The summed E-state index contributed by atoms with van der Waals surface area (Å²) < 4.78 is 0. The van der Waals surface area contributed by atoms with E-state index in [4.69, 9.17) is 0 Å². The maximum atomic E-state index is 9.36. The van der Waals surface area contributed by atoms with E-state index in [9.17, 15) is 5.11 Å². The van der Waals surface area contributed by atoms with Crippen molar-refractivity contribution in [2.45, 2.75) is 6.92 Å². The normalized spacial score (nSPS) is 10.4. The van der Waals surface area contributed by atoms with Gasteiger partial charge in [0.1, 0.15) is 12.1 Å². The van der Waals surface area contributed by atoms with Crippen molar-refractivity contribution in [2.24, 2.45) is 0 Å². The Hall–Kier alpha value is -1.64. The molecule has 0 saturated carbocycles. The first-order chi connectivity index (χ1) is 5.77. The molecular formula is C9H8N2O. The third kappa shape index (κ3) is 0.993. The quantitative estimate of drug-likeness (QED) is 0.637. The number of hydrogen-bond donors (Lipinski definition) is 1. The Morgan fingerprint density at radius 3 is 3.00 bits per heavy atom. The summed E-state index contributed by atoms with van der Waals surface area (Å²) in [7, 11) is 0. The SMILES string of the molecule is Cc1cc2ncncc2cc1O. The van der Waals surface area contributed by atoms with Gasteiger partial charge in [-0.05, 0) is 24.6 Å². The average Bonchev–Trinajstić information content (AvgIpc) is 2.07. The van der Waals surface area contributed by atoms with Crippen LogP contribution in [0.15, 0.2) is 24.7 Å². The van der Waals surface area contributed by atoms with E-state index >= 15 is 0 Å². The highest BCUT2D eigenvalue weighted by atomic mass is 16.3. The van der Waals surface area contributed by atoms with Crippen LogP contribution in [0.1, 0.15) is 5.56 Å². The first-order valence-corrected chi connectivity index (χ1v) is 3.67. The van der Waals surface area contributed by atoms with Gasteiger partial charge in [-0.15, -0.1) is 0 Å². The van der Waals surface area contributed by atoms with Crippen LogP contribution in [0.2, 0.25) is 0 Å². The van der Waals surface area contributed by atoms with E-state index in [0.717, 1.165) is 16.5 Å². The standard InChI is InChI=1S/C9H8N2O/c1-6-2-8-7(3-9(6)12)4-10-5-11-8/h2-5,12H,1H3. The third-order valence-corrected chi connectivity index (χ3v) is 1.82. The van der Waals surface area contributed by atoms with Crippen molar-refractivity contribution in [1.29, 1.82) is 0 Å². The Bertz CT molecular complexity index is 385. The van der Waals surface area contributed by atoms with Crippen LogP contribution in [0.4, 0.5) is 0 Å². The molecule has 0 aliphatic carbocycles. The van der Waals surface area contributed by atoms with Crippen LogP contribution < -0.4 is 0 Å². The summed E-state index contributed by atoms with van der Waals surface area (Å²) in [6.45, 7) is 1.84. The summed E-state index contributed by atoms with van der Waals surface area (Å²) in [6.07, 6.45) is 3.18. The summed E-state index contributed by atoms with van der Waals surface area (Å²) in [5, 5.41) is 10.2. The molecule has 3 nitrogen and oxygen atoms in total. The van der Waals surface area contributed by atoms with Crippen LogP contribution in [0, 0.1) is 6.92 Å². The second-order valence-corrected chi connectivity index (χ2v) is 2.72. The van der Waals surface area contributed by atoms with Crippen molar-refractivity contribution >= 4 is 10.9 Å². The number of rotatable bonds is 0. The van der Waals surface area contributed by atoms with E-state index in [1.165, 1.54) is 6.33 Å². The number of aryl methyl sites for hydroxylation is 1. The fraction of sp³-hybridized carbons (Fsp3) is 0.111. The van der Waals surface area contributed by atoms with Gasteiger partial charge in [-0.2, -0.15) is 0 Å². The van der Waals surface area contributed by atoms with Gasteiger partial charge in [0.05, 0.1) is 5.52 Å². The van der Waals surface area contributed by atoms with Gasteiger partial charge >= 0.3 is 0 Å². The maximum absolute atomic E-state index is 9.36. The predicted octanol–water partition coefficient (Wildman–Crippen LogP) is 1.64. The van der Waals surface area contributed by atoms with Crippen LogP contribution in [-0.2, 0) is 0 Å². The number of benzene rings is 1. The minimum atomic E-state index is 0.289. The molecule has 1 aromatic carbocycles. The van der Waals surface area contributed by atoms with Gasteiger partial charge in [-0.25, -0.2) is 9.97 Å². The smallest absolute Gasteiger partial charge is 0.119 e.